The number of hydrogen-bond acceptors (Lipinski definition) is 3. The second-order valence-electron chi connectivity index (χ2n) is 5.56. The summed E-state index contributed by atoms with van der Waals surface area (Å²) in [6.07, 6.45) is 6.12. The lowest BCUT2D eigenvalue weighted by Crippen LogP contribution is -2.40. The monoisotopic (exact) mass is 276 g/mol. The van der Waals surface area contributed by atoms with E-state index < -0.39 is 10.0 Å². The Kier molecular flexibility index (Phi) is 6.60. The first kappa shape index (κ1) is 15.9. The van der Waals surface area contributed by atoms with Gasteiger partial charge in [0.1, 0.15) is 0 Å². The molecule has 1 aliphatic carbocycles. The molecule has 1 rings (SSSR count). The second kappa shape index (κ2) is 7.46. The van der Waals surface area contributed by atoms with E-state index in [1.54, 1.807) is 14.0 Å². The van der Waals surface area contributed by atoms with Gasteiger partial charge in [-0.05, 0) is 38.6 Å². The maximum absolute atomic E-state index is 11.9. The van der Waals surface area contributed by atoms with Crippen molar-refractivity contribution in [2.24, 2.45) is 11.8 Å². The Hall–Kier alpha value is -0.130. The Bertz CT molecular complexity index is 322. The van der Waals surface area contributed by atoms with Crippen molar-refractivity contribution in [3.8, 4) is 0 Å². The average Bonchev–Trinajstić information content (AvgIpc) is 2.37. The fourth-order valence-corrected chi connectivity index (χ4v) is 3.76. The highest BCUT2D eigenvalue weighted by Crippen LogP contribution is 2.30. The van der Waals surface area contributed by atoms with Gasteiger partial charge in [0, 0.05) is 13.1 Å². The molecular weight excluding hydrogens is 248 g/mol. The molecule has 0 spiro atoms. The Labute approximate surface area is 112 Å². The van der Waals surface area contributed by atoms with Gasteiger partial charge < -0.3 is 5.32 Å². The van der Waals surface area contributed by atoms with Crippen molar-refractivity contribution in [2.75, 3.05) is 20.1 Å². The van der Waals surface area contributed by atoms with E-state index in [4.69, 9.17) is 0 Å². The summed E-state index contributed by atoms with van der Waals surface area (Å²) in [5.74, 6) is 1.39. The van der Waals surface area contributed by atoms with Crippen LogP contribution >= 0.6 is 0 Å². The van der Waals surface area contributed by atoms with Crippen molar-refractivity contribution in [2.45, 2.75) is 51.2 Å². The highest BCUT2D eigenvalue weighted by molar-refractivity contribution is 7.90. The molecule has 2 N–H and O–H groups in total. The molecule has 0 aromatic carbocycles. The van der Waals surface area contributed by atoms with E-state index in [2.05, 4.69) is 17.0 Å². The molecule has 1 aliphatic rings. The second-order valence-corrected chi connectivity index (χ2v) is 7.74. The summed E-state index contributed by atoms with van der Waals surface area (Å²) in [6.45, 7) is 5.10. The van der Waals surface area contributed by atoms with E-state index in [-0.39, 0.29) is 5.25 Å². The SMILES string of the molecule is CCC1CCC(CNS(=O)(=O)C(C)CNC)CC1. The molecule has 5 heteroatoms. The Morgan fingerprint density at radius 3 is 2.22 bits per heavy atom. The molecule has 0 amide bonds. The van der Waals surface area contributed by atoms with Gasteiger partial charge in [-0.3, -0.25) is 0 Å². The number of sulfonamides is 1. The third kappa shape index (κ3) is 4.86. The smallest absolute Gasteiger partial charge is 0.215 e. The first-order chi connectivity index (χ1) is 8.49. The zero-order valence-corrected chi connectivity index (χ0v) is 12.7. The van der Waals surface area contributed by atoms with Crippen molar-refractivity contribution in [3.63, 3.8) is 0 Å². The summed E-state index contributed by atoms with van der Waals surface area (Å²) in [5.41, 5.74) is 0. The fraction of sp³-hybridized carbons (Fsp3) is 1.00. The average molecular weight is 276 g/mol. The third-order valence-corrected chi connectivity index (χ3v) is 5.93. The minimum atomic E-state index is -3.15. The Balaban J connectivity index is 2.33. The van der Waals surface area contributed by atoms with Gasteiger partial charge in [0.2, 0.25) is 10.0 Å². The highest BCUT2D eigenvalue weighted by Gasteiger charge is 2.24. The molecule has 0 saturated heterocycles. The number of rotatable bonds is 7. The highest BCUT2D eigenvalue weighted by atomic mass is 32.2. The van der Waals surface area contributed by atoms with Crippen molar-refractivity contribution >= 4 is 10.0 Å². The maximum Gasteiger partial charge on any atom is 0.215 e. The van der Waals surface area contributed by atoms with Gasteiger partial charge >= 0.3 is 0 Å². The molecule has 1 unspecified atom stereocenters. The summed E-state index contributed by atoms with van der Waals surface area (Å²) in [5, 5.41) is 2.54. The van der Waals surface area contributed by atoms with E-state index >= 15 is 0 Å². The van der Waals surface area contributed by atoms with Crippen LogP contribution in [-0.2, 0) is 10.0 Å². The molecule has 0 radical (unpaired) electrons. The quantitative estimate of drug-likeness (QED) is 0.744. The zero-order chi connectivity index (χ0) is 13.6. The zero-order valence-electron chi connectivity index (χ0n) is 11.9. The minimum absolute atomic E-state index is 0.366. The lowest BCUT2D eigenvalue weighted by Gasteiger charge is -2.28. The van der Waals surface area contributed by atoms with Crippen LogP contribution in [0.4, 0.5) is 0 Å². The first-order valence-electron chi connectivity index (χ1n) is 7.12. The Morgan fingerprint density at radius 1 is 1.17 bits per heavy atom. The summed E-state index contributed by atoms with van der Waals surface area (Å²) in [4.78, 5) is 0. The van der Waals surface area contributed by atoms with E-state index in [0.29, 0.717) is 19.0 Å². The lowest BCUT2D eigenvalue weighted by molar-refractivity contribution is 0.270. The molecule has 1 atom stereocenters. The van der Waals surface area contributed by atoms with Crippen molar-refractivity contribution in [1.82, 2.24) is 10.0 Å². The van der Waals surface area contributed by atoms with Crippen LogP contribution in [0.1, 0.15) is 46.0 Å². The van der Waals surface area contributed by atoms with Crippen LogP contribution in [-0.4, -0.2) is 33.8 Å². The predicted molar refractivity (Wildman–Crippen MR) is 76.1 cm³/mol. The van der Waals surface area contributed by atoms with Crippen LogP contribution < -0.4 is 10.0 Å². The van der Waals surface area contributed by atoms with Crippen LogP contribution in [0.5, 0.6) is 0 Å². The van der Waals surface area contributed by atoms with Crippen LogP contribution in [0.2, 0.25) is 0 Å². The molecule has 108 valence electrons. The summed E-state index contributed by atoms with van der Waals surface area (Å²) >= 11 is 0. The summed E-state index contributed by atoms with van der Waals surface area (Å²) in [7, 11) is -1.38. The minimum Gasteiger partial charge on any atom is -0.318 e. The molecule has 0 bridgehead atoms. The topological polar surface area (TPSA) is 58.2 Å². The van der Waals surface area contributed by atoms with Gasteiger partial charge in [-0.25, -0.2) is 13.1 Å². The largest absolute Gasteiger partial charge is 0.318 e. The first-order valence-corrected chi connectivity index (χ1v) is 8.67. The molecule has 0 aliphatic heterocycles. The van der Waals surface area contributed by atoms with Crippen LogP contribution in [0.15, 0.2) is 0 Å². The molecule has 0 aromatic heterocycles. The van der Waals surface area contributed by atoms with Crippen LogP contribution in [0.25, 0.3) is 0 Å². The number of nitrogens with one attached hydrogen (secondary N) is 2. The van der Waals surface area contributed by atoms with Crippen molar-refractivity contribution < 1.29 is 8.42 Å². The molecule has 0 aromatic rings. The summed E-state index contributed by atoms with van der Waals surface area (Å²) in [6, 6.07) is 0. The molecule has 1 saturated carbocycles. The lowest BCUT2D eigenvalue weighted by atomic mass is 9.81. The number of hydrogen-bond donors (Lipinski definition) is 2. The van der Waals surface area contributed by atoms with Gasteiger partial charge in [-0.15, -0.1) is 0 Å². The van der Waals surface area contributed by atoms with E-state index in [1.807, 2.05) is 0 Å². The van der Waals surface area contributed by atoms with Gasteiger partial charge in [0.25, 0.3) is 0 Å². The van der Waals surface area contributed by atoms with Crippen molar-refractivity contribution in [1.29, 1.82) is 0 Å². The maximum atomic E-state index is 11.9. The molecule has 18 heavy (non-hydrogen) atoms. The molecular formula is C13H28N2O2S. The van der Waals surface area contributed by atoms with Gasteiger partial charge in [0.15, 0.2) is 0 Å². The van der Waals surface area contributed by atoms with Gasteiger partial charge in [-0.2, -0.15) is 0 Å². The van der Waals surface area contributed by atoms with Gasteiger partial charge in [0.05, 0.1) is 5.25 Å². The normalized spacial score (nSPS) is 27.1. The molecule has 4 nitrogen and oxygen atoms in total. The Morgan fingerprint density at radius 2 is 1.72 bits per heavy atom. The van der Waals surface area contributed by atoms with E-state index in [1.165, 1.54) is 32.1 Å². The summed E-state index contributed by atoms with van der Waals surface area (Å²) < 4.78 is 26.6. The van der Waals surface area contributed by atoms with E-state index in [9.17, 15) is 8.42 Å². The molecule has 1 fully saturated rings. The predicted octanol–water partition coefficient (Wildman–Crippen LogP) is 1.73. The third-order valence-electron chi connectivity index (χ3n) is 4.14. The fourth-order valence-electron chi connectivity index (χ4n) is 2.62. The van der Waals surface area contributed by atoms with Gasteiger partial charge in [-0.1, -0.05) is 26.2 Å². The van der Waals surface area contributed by atoms with Crippen LogP contribution in [0.3, 0.4) is 0 Å². The van der Waals surface area contributed by atoms with E-state index in [0.717, 1.165) is 5.92 Å². The molecule has 0 heterocycles. The van der Waals surface area contributed by atoms with Crippen molar-refractivity contribution in [3.05, 3.63) is 0 Å². The van der Waals surface area contributed by atoms with Crippen LogP contribution in [0, 0.1) is 11.8 Å². The standard InChI is InChI=1S/C13H28N2O2S/c1-4-12-5-7-13(8-6-12)10-15-18(16,17)11(2)9-14-3/h11-15H,4-10H2,1-3H3.